The number of aromatic nitrogens is 3. The average Bonchev–Trinajstić information content (AvgIpc) is 2.41. The number of rotatable bonds is 0. The van der Waals surface area contributed by atoms with E-state index in [0.717, 1.165) is 0 Å². The van der Waals surface area contributed by atoms with Crippen LogP contribution in [0.25, 0.3) is 0 Å². The molecule has 2 aromatic rings. The number of aromatic amines is 1. The monoisotopic (exact) mass is 248 g/mol. The van der Waals surface area contributed by atoms with Crippen LogP contribution in [0.1, 0.15) is 26.6 Å². The fourth-order valence-corrected chi connectivity index (χ4v) is 1.01. The minimum atomic E-state index is -0.00292. The van der Waals surface area contributed by atoms with Crippen molar-refractivity contribution in [2.24, 2.45) is 4.99 Å². The summed E-state index contributed by atoms with van der Waals surface area (Å²) in [6.45, 7) is 7.84. The van der Waals surface area contributed by atoms with E-state index >= 15 is 0 Å². The molecule has 0 unspecified atom stereocenters. The average molecular weight is 248 g/mol. The van der Waals surface area contributed by atoms with Gasteiger partial charge in [-0.2, -0.15) is 0 Å². The highest BCUT2D eigenvalue weighted by molar-refractivity contribution is 5.11. The Hall–Kier alpha value is -1.97. The lowest BCUT2D eigenvalue weighted by Gasteiger charge is -1.87. The van der Waals surface area contributed by atoms with Crippen molar-refractivity contribution in [2.45, 2.75) is 27.7 Å². The molecule has 1 N–H and O–H groups in total. The molecule has 0 atom stereocenters. The van der Waals surface area contributed by atoms with E-state index < -0.39 is 0 Å². The predicted octanol–water partition coefficient (Wildman–Crippen LogP) is 2.66. The van der Waals surface area contributed by atoms with Gasteiger partial charge in [0.1, 0.15) is 13.5 Å². The van der Waals surface area contributed by atoms with E-state index in [0.29, 0.717) is 11.4 Å². The highest BCUT2D eigenvalue weighted by atomic mass is 15.0. The topological polar surface area (TPSA) is 53.9 Å². The van der Waals surface area contributed by atoms with Gasteiger partial charge in [-0.05, 0) is 13.8 Å². The summed E-state index contributed by atoms with van der Waals surface area (Å²) in [6, 6.07) is 10.3. The summed E-state index contributed by atoms with van der Waals surface area (Å²) in [6.07, 6.45) is -0.00292. The van der Waals surface area contributed by atoms with Crippen LogP contribution in [0.2, 0.25) is 0 Å². The van der Waals surface area contributed by atoms with Crippen molar-refractivity contribution < 1.29 is 1.37 Å². The third-order valence-electron chi connectivity index (χ3n) is 1.82. The van der Waals surface area contributed by atoms with Crippen LogP contribution in [0.3, 0.4) is 0 Å². The Morgan fingerprint density at radius 1 is 1.11 bits per heavy atom. The van der Waals surface area contributed by atoms with Crippen molar-refractivity contribution >= 4 is 0 Å². The van der Waals surface area contributed by atoms with Crippen molar-refractivity contribution in [3.05, 3.63) is 53.6 Å². The van der Waals surface area contributed by atoms with Crippen LogP contribution in [0.15, 0.2) is 41.6 Å². The maximum absolute atomic E-state index is 7.08. The van der Waals surface area contributed by atoms with Gasteiger partial charge in [0, 0.05) is 7.05 Å². The van der Waals surface area contributed by atoms with E-state index in [2.05, 4.69) is 39.0 Å². The molecule has 1 aromatic carbocycles. The van der Waals surface area contributed by atoms with Gasteiger partial charge in [0.2, 0.25) is 5.62 Å². The summed E-state index contributed by atoms with van der Waals surface area (Å²) < 4.78 is 7.08. The molecule has 0 saturated heterocycles. The Bertz CT molecular complexity index is 497. The molecule has 0 aliphatic carbocycles. The molecular weight excluding hydrogens is 224 g/mol. The first-order valence-electron chi connectivity index (χ1n) is 6.48. The number of aryl methyl sites for hydroxylation is 2. The summed E-state index contributed by atoms with van der Waals surface area (Å²) in [5.74, 6) is 0.653. The van der Waals surface area contributed by atoms with Crippen LogP contribution in [0.4, 0.5) is 0 Å². The summed E-state index contributed by atoms with van der Waals surface area (Å²) in [5.41, 5.74) is 1.76. The zero-order valence-electron chi connectivity index (χ0n) is 12.7. The molecule has 0 amide bonds. The van der Waals surface area contributed by atoms with Crippen molar-refractivity contribution in [3.8, 4) is 0 Å². The maximum Gasteiger partial charge on any atom is 0.224 e. The Kier molecular flexibility index (Phi) is 7.99. The lowest BCUT2D eigenvalue weighted by molar-refractivity contribution is 0.884. The Morgan fingerprint density at radius 2 is 1.72 bits per heavy atom. The zero-order chi connectivity index (χ0) is 14.7. The molecule has 0 fully saturated rings. The minimum absolute atomic E-state index is 0.00292. The van der Waals surface area contributed by atoms with Crippen molar-refractivity contribution in [2.75, 3.05) is 7.05 Å². The Balaban J connectivity index is 0.000000316. The maximum atomic E-state index is 7.08. The van der Waals surface area contributed by atoms with Gasteiger partial charge >= 0.3 is 0 Å². The number of H-pyrrole nitrogens is 1. The summed E-state index contributed by atoms with van der Waals surface area (Å²) in [7, 11) is 1.61. The van der Waals surface area contributed by atoms with E-state index in [-0.39, 0.29) is 6.30 Å². The molecular formula is C14H22N4. The summed E-state index contributed by atoms with van der Waals surface area (Å²) in [5, 5.41) is 0. The number of nitrogens with zero attached hydrogens (tertiary/aromatic N) is 3. The molecule has 0 saturated carbocycles. The highest BCUT2D eigenvalue weighted by Gasteiger charge is 1.80. The zero-order valence-corrected chi connectivity index (χ0v) is 11.7. The van der Waals surface area contributed by atoms with Gasteiger partial charge in [0.05, 0.1) is 0 Å². The standard InChI is InChI=1S/C7H8.C5H8N4.C2H6/c1-7-5-3-2-4-6-7;1-4-7-3-8-5(6-2)9-4;1-2/h2-6H,1H3;3H,1-2H3,(H,6,7,8,9);1-2H3/i;3T;. The smallest absolute Gasteiger partial charge is 0.224 e. The number of hydrogen-bond donors (Lipinski definition) is 1. The van der Waals surface area contributed by atoms with Crippen molar-refractivity contribution in [1.29, 1.82) is 0 Å². The van der Waals surface area contributed by atoms with E-state index in [1.54, 1.807) is 14.0 Å². The van der Waals surface area contributed by atoms with Crippen LogP contribution in [0.5, 0.6) is 0 Å². The van der Waals surface area contributed by atoms with Gasteiger partial charge in [-0.15, -0.1) is 0 Å². The SMILES string of the molecule is CC.Cc1ccccc1.[3H]c1nc(C)[nH]c(=NC)n1. The normalized spacial score (nSPS) is 10.5. The molecule has 0 spiro atoms. The fraction of sp³-hybridized carbons (Fsp3) is 0.357. The van der Waals surface area contributed by atoms with Crippen LogP contribution in [0, 0.1) is 13.8 Å². The van der Waals surface area contributed by atoms with Crippen LogP contribution in [-0.4, -0.2) is 22.0 Å². The number of nitrogens with one attached hydrogen (secondary N) is 1. The predicted molar refractivity (Wildman–Crippen MR) is 75.1 cm³/mol. The molecule has 2 rings (SSSR count). The van der Waals surface area contributed by atoms with Crippen molar-refractivity contribution in [3.63, 3.8) is 0 Å². The Labute approximate surface area is 110 Å². The van der Waals surface area contributed by atoms with Crippen molar-refractivity contribution in [1.82, 2.24) is 15.0 Å². The lowest BCUT2D eigenvalue weighted by Crippen LogP contribution is -2.13. The molecule has 4 heteroatoms. The van der Waals surface area contributed by atoms with Crippen LogP contribution in [-0.2, 0) is 0 Å². The van der Waals surface area contributed by atoms with Gasteiger partial charge < -0.3 is 4.98 Å². The van der Waals surface area contributed by atoms with Gasteiger partial charge in [0.25, 0.3) is 0 Å². The molecule has 1 heterocycles. The summed E-state index contributed by atoms with van der Waals surface area (Å²) in [4.78, 5) is 14.0. The van der Waals surface area contributed by atoms with Crippen LogP contribution < -0.4 is 5.62 Å². The fourth-order valence-electron chi connectivity index (χ4n) is 1.01. The first kappa shape index (κ1) is 14.1. The van der Waals surface area contributed by atoms with E-state index in [9.17, 15) is 0 Å². The molecule has 0 aliphatic rings. The van der Waals surface area contributed by atoms with E-state index in [4.69, 9.17) is 1.37 Å². The number of benzene rings is 1. The first-order chi connectivity index (χ1) is 9.11. The second kappa shape index (κ2) is 10.2. The summed E-state index contributed by atoms with van der Waals surface area (Å²) >= 11 is 0. The second-order valence-electron chi connectivity index (χ2n) is 3.24. The number of hydrogen-bond acceptors (Lipinski definition) is 3. The van der Waals surface area contributed by atoms with Crippen LogP contribution >= 0.6 is 0 Å². The lowest BCUT2D eigenvalue weighted by atomic mass is 10.2. The molecule has 0 radical (unpaired) electrons. The molecule has 18 heavy (non-hydrogen) atoms. The van der Waals surface area contributed by atoms with Gasteiger partial charge in [-0.3, -0.25) is 4.99 Å². The second-order valence-corrected chi connectivity index (χ2v) is 3.24. The molecule has 0 aliphatic heterocycles. The molecule has 1 aromatic heterocycles. The molecule has 98 valence electrons. The quantitative estimate of drug-likeness (QED) is 0.779. The van der Waals surface area contributed by atoms with Gasteiger partial charge in [-0.1, -0.05) is 49.7 Å². The van der Waals surface area contributed by atoms with Gasteiger partial charge in [0.15, 0.2) is 0 Å². The molecule has 4 nitrogen and oxygen atoms in total. The molecule has 0 bridgehead atoms. The largest absolute Gasteiger partial charge is 0.313 e. The van der Waals surface area contributed by atoms with E-state index in [1.807, 2.05) is 32.0 Å². The van der Waals surface area contributed by atoms with Gasteiger partial charge in [-0.25, -0.2) is 9.97 Å². The third-order valence-corrected chi connectivity index (χ3v) is 1.82. The Morgan fingerprint density at radius 3 is 2.11 bits per heavy atom. The first-order valence-corrected chi connectivity index (χ1v) is 5.98. The highest BCUT2D eigenvalue weighted by Crippen LogP contribution is 1.92. The van der Waals surface area contributed by atoms with E-state index in [1.165, 1.54) is 5.56 Å². The minimum Gasteiger partial charge on any atom is -0.313 e. The third kappa shape index (κ3) is 7.33.